The van der Waals surface area contributed by atoms with E-state index in [0.29, 0.717) is 0 Å². The van der Waals surface area contributed by atoms with Gasteiger partial charge in [0.15, 0.2) is 0 Å². The molecule has 21 heavy (non-hydrogen) atoms. The molecule has 3 aromatic carbocycles. The first-order valence-corrected chi connectivity index (χ1v) is 7.43. The van der Waals surface area contributed by atoms with Gasteiger partial charge in [0, 0.05) is 0 Å². The highest BCUT2D eigenvalue weighted by molar-refractivity contribution is 5.95. The van der Waals surface area contributed by atoms with E-state index in [-0.39, 0.29) is 0 Å². The highest BCUT2D eigenvalue weighted by Gasteiger charge is 2.14. The summed E-state index contributed by atoms with van der Waals surface area (Å²) in [7, 11) is 0. The summed E-state index contributed by atoms with van der Waals surface area (Å²) in [6.45, 7) is 0. The summed E-state index contributed by atoms with van der Waals surface area (Å²) in [6, 6.07) is 18.0. The summed E-state index contributed by atoms with van der Waals surface area (Å²) in [5.74, 6) is 0. The minimum absolute atomic E-state index is 1.05. The molecule has 0 fully saturated rings. The van der Waals surface area contributed by atoms with Crippen molar-refractivity contribution in [2.24, 2.45) is 0 Å². The SMILES string of the molecule is C1=CCc2cc3c(cc2=C1)-c1cc2ccccc2cc1C=3. The average Bonchev–Trinajstić information content (AvgIpc) is 2.87. The summed E-state index contributed by atoms with van der Waals surface area (Å²) in [6.07, 6.45) is 9.99. The normalized spacial score (nSPS) is 14.1. The molecule has 0 radical (unpaired) electrons. The van der Waals surface area contributed by atoms with Gasteiger partial charge in [0.05, 0.1) is 0 Å². The highest BCUT2D eigenvalue weighted by Crippen LogP contribution is 2.30. The molecule has 0 atom stereocenters. The van der Waals surface area contributed by atoms with E-state index in [2.05, 4.69) is 72.8 Å². The Labute approximate surface area is 123 Å². The Hall–Kier alpha value is -2.60. The number of fused-ring (bicyclic) bond motifs is 5. The monoisotopic (exact) mass is 266 g/mol. The summed E-state index contributed by atoms with van der Waals surface area (Å²) in [5.41, 5.74) is 5.53. The topological polar surface area (TPSA) is 0 Å². The van der Waals surface area contributed by atoms with Crippen LogP contribution in [0.15, 0.2) is 60.7 Å². The van der Waals surface area contributed by atoms with Crippen LogP contribution in [-0.4, -0.2) is 0 Å². The molecule has 0 N–H and O–H groups in total. The van der Waals surface area contributed by atoms with E-state index in [0.717, 1.165) is 6.42 Å². The number of allylic oxidation sites excluding steroid dienone is 2. The third kappa shape index (κ3) is 1.56. The largest absolute Gasteiger partial charge is 0.0801 e. The zero-order chi connectivity index (χ0) is 13.8. The first-order valence-electron chi connectivity index (χ1n) is 7.43. The van der Waals surface area contributed by atoms with Crippen LogP contribution in [0.1, 0.15) is 11.1 Å². The van der Waals surface area contributed by atoms with Crippen molar-refractivity contribution >= 4 is 22.9 Å². The van der Waals surface area contributed by atoms with Crippen LogP contribution in [0.2, 0.25) is 0 Å². The summed E-state index contributed by atoms with van der Waals surface area (Å²) < 4.78 is 0. The summed E-state index contributed by atoms with van der Waals surface area (Å²) in [4.78, 5) is 0. The van der Waals surface area contributed by atoms with Crippen LogP contribution in [0.4, 0.5) is 0 Å². The van der Waals surface area contributed by atoms with Crippen molar-refractivity contribution in [3.05, 3.63) is 82.2 Å². The summed E-state index contributed by atoms with van der Waals surface area (Å²) >= 11 is 0. The van der Waals surface area contributed by atoms with Crippen molar-refractivity contribution in [2.75, 3.05) is 0 Å². The van der Waals surface area contributed by atoms with Gasteiger partial charge in [0.2, 0.25) is 0 Å². The molecule has 0 nitrogen and oxygen atoms in total. The molecule has 0 spiro atoms. The molecule has 3 aromatic rings. The number of hydrogen-bond acceptors (Lipinski definition) is 0. The van der Waals surface area contributed by atoms with Crippen LogP contribution in [0.5, 0.6) is 0 Å². The van der Waals surface area contributed by atoms with Gasteiger partial charge in [-0.15, -0.1) is 0 Å². The van der Waals surface area contributed by atoms with E-state index in [1.807, 2.05) is 0 Å². The molecule has 98 valence electrons. The van der Waals surface area contributed by atoms with Crippen molar-refractivity contribution in [2.45, 2.75) is 6.42 Å². The molecule has 0 heteroatoms. The quantitative estimate of drug-likeness (QED) is 0.456. The van der Waals surface area contributed by atoms with Crippen LogP contribution in [0, 0.1) is 0 Å². The Morgan fingerprint density at radius 2 is 1.62 bits per heavy atom. The van der Waals surface area contributed by atoms with E-state index >= 15 is 0 Å². The summed E-state index contributed by atoms with van der Waals surface area (Å²) in [5, 5.41) is 5.37. The second-order valence-corrected chi connectivity index (χ2v) is 5.87. The fraction of sp³-hybridized carbons (Fsp3) is 0.0476. The van der Waals surface area contributed by atoms with Gasteiger partial charge in [0.1, 0.15) is 0 Å². The minimum Gasteiger partial charge on any atom is -0.0801 e. The molecule has 0 unspecified atom stereocenters. The maximum Gasteiger partial charge on any atom is -0.00882 e. The lowest BCUT2D eigenvalue weighted by Gasteiger charge is -2.07. The smallest absolute Gasteiger partial charge is 0.00882 e. The molecule has 2 aliphatic rings. The lowest BCUT2D eigenvalue weighted by molar-refractivity contribution is 1.22. The molecule has 0 saturated heterocycles. The van der Waals surface area contributed by atoms with Crippen LogP contribution in [0.25, 0.3) is 34.1 Å². The molecule has 0 heterocycles. The molecule has 0 aromatic heterocycles. The van der Waals surface area contributed by atoms with Crippen LogP contribution >= 0.6 is 0 Å². The van der Waals surface area contributed by atoms with Gasteiger partial charge < -0.3 is 0 Å². The van der Waals surface area contributed by atoms with Crippen molar-refractivity contribution in [3.63, 3.8) is 0 Å². The third-order valence-electron chi connectivity index (χ3n) is 4.58. The molecule has 0 bridgehead atoms. The molecule has 2 aliphatic carbocycles. The predicted octanol–water partition coefficient (Wildman–Crippen LogP) is 3.54. The van der Waals surface area contributed by atoms with Crippen molar-refractivity contribution < 1.29 is 0 Å². The van der Waals surface area contributed by atoms with Gasteiger partial charge in [-0.1, -0.05) is 48.6 Å². The lowest BCUT2D eigenvalue weighted by atomic mass is 9.96. The first-order chi connectivity index (χ1) is 10.4. The fourth-order valence-corrected chi connectivity index (χ4v) is 3.51. The minimum atomic E-state index is 1.05. The Kier molecular flexibility index (Phi) is 2.09. The average molecular weight is 266 g/mol. The second-order valence-electron chi connectivity index (χ2n) is 5.87. The van der Waals surface area contributed by atoms with Gasteiger partial charge in [-0.3, -0.25) is 0 Å². The van der Waals surface area contributed by atoms with Gasteiger partial charge in [-0.2, -0.15) is 0 Å². The van der Waals surface area contributed by atoms with Crippen molar-refractivity contribution in [1.29, 1.82) is 0 Å². The standard InChI is InChI=1S/C21H14/c1-3-7-16-12-20-18(9-14(16)5-1)11-19-10-15-6-2-4-8-17(15)13-21(19)20/h1-5,7-13H,6H2. The Morgan fingerprint density at radius 3 is 2.52 bits per heavy atom. The molecular formula is C21H14. The Morgan fingerprint density at radius 1 is 0.762 bits per heavy atom. The predicted molar refractivity (Wildman–Crippen MR) is 89.5 cm³/mol. The molecular weight excluding hydrogens is 252 g/mol. The molecule has 0 aliphatic heterocycles. The van der Waals surface area contributed by atoms with E-state index in [1.165, 1.54) is 43.5 Å². The zero-order valence-corrected chi connectivity index (χ0v) is 11.6. The van der Waals surface area contributed by atoms with Crippen LogP contribution in [-0.2, 0) is 6.42 Å². The number of hydrogen-bond donors (Lipinski definition) is 0. The first kappa shape index (κ1) is 11.1. The third-order valence-corrected chi connectivity index (χ3v) is 4.58. The van der Waals surface area contributed by atoms with Gasteiger partial charge in [-0.05, 0) is 74.2 Å². The van der Waals surface area contributed by atoms with E-state index < -0.39 is 0 Å². The van der Waals surface area contributed by atoms with Gasteiger partial charge >= 0.3 is 0 Å². The lowest BCUT2D eigenvalue weighted by Crippen LogP contribution is -2.17. The molecule has 5 rings (SSSR count). The number of benzene rings is 3. The van der Waals surface area contributed by atoms with Crippen LogP contribution < -0.4 is 10.4 Å². The Balaban J connectivity index is 1.86. The molecule has 0 saturated carbocycles. The maximum absolute atomic E-state index is 2.36. The van der Waals surface area contributed by atoms with E-state index in [1.54, 1.807) is 0 Å². The second kappa shape index (κ2) is 3.95. The van der Waals surface area contributed by atoms with Gasteiger partial charge in [-0.25, -0.2) is 0 Å². The van der Waals surface area contributed by atoms with E-state index in [9.17, 15) is 0 Å². The number of rotatable bonds is 0. The van der Waals surface area contributed by atoms with Gasteiger partial charge in [0.25, 0.3) is 0 Å². The van der Waals surface area contributed by atoms with E-state index in [4.69, 9.17) is 0 Å². The fourth-order valence-electron chi connectivity index (χ4n) is 3.51. The van der Waals surface area contributed by atoms with Crippen molar-refractivity contribution in [1.82, 2.24) is 0 Å². The van der Waals surface area contributed by atoms with Crippen LogP contribution in [0.3, 0.4) is 0 Å². The maximum atomic E-state index is 2.36. The Bertz CT molecular complexity index is 1050. The highest BCUT2D eigenvalue weighted by atomic mass is 14.2. The molecule has 0 amide bonds. The zero-order valence-electron chi connectivity index (χ0n) is 11.6. The van der Waals surface area contributed by atoms with Crippen molar-refractivity contribution in [3.8, 4) is 11.1 Å².